The van der Waals surface area contributed by atoms with Gasteiger partial charge in [0.2, 0.25) is 0 Å². The first-order valence-corrected chi connectivity index (χ1v) is 7.46. The van der Waals surface area contributed by atoms with E-state index in [9.17, 15) is 8.78 Å². The van der Waals surface area contributed by atoms with E-state index in [-0.39, 0.29) is 6.04 Å². The third-order valence-corrected chi connectivity index (χ3v) is 4.11. The van der Waals surface area contributed by atoms with Crippen LogP contribution in [0.15, 0.2) is 48.5 Å². The van der Waals surface area contributed by atoms with Crippen LogP contribution in [0.2, 0.25) is 0 Å². The molecule has 3 rings (SSSR count). The first-order chi connectivity index (χ1) is 10.2. The van der Waals surface area contributed by atoms with Gasteiger partial charge in [-0.05, 0) is 42.6 Å². The molecule has 110 valence electrons. The molecule has 1 aliphatic rings. The zero-order valence-electron chi connectivity index (χ0n) is 11.9. The SMILES string of the molecule is Fc1cc(F)cc([C@@H]2CCCCN2Cc2ccccc2)c1. The summed E-state index contributed by atoms with van der Waals surface area (Å²) in [5, 5.41) is 0. The first kappa shape index (κ1) is 14.2. The van der Waals surface area contributed by atoms with E-state index in [0.29, 0.717) is 0 Å². The Morgan fingerprint density at radius 3 is 2.38 bits per heavy atom. The minimum absolute atomic E-state index is 0.101. The fraction of sp³-hybridized carbons (Fsp3) is 0.333. The lowest BCUT2D eigenvalue weighted by Gasteiger charge is -2.36. The highest BCUT2D eigenvalue weighted by molar-refractivity contribution is 5.23. The van der Waals surface area contributed by atoms with E-state index in [4.69, 9.17) is 0 Å². The largest absolute Gasteiger partial charge is 0.292 e. The molecule has 0 amide bonds. The van der Waals surface area contributed by atoms with Crippen LogP contribution in [0.5, 0.6) is 0 Å². The summed E-state index contributed by atoms with van der Waals surface area (Å²) >= 11 is 0. The average molecular weight is 287 g/mol. The third kappa shape index (κ3) is 3.48. The maximum atomic E-state index is 13.5. The van der Waals surface area contributed by atoms with E-state index >= 15 is 0 Å². The third-order valence-electron chi connectivity index (χ3n) is 4.11. The van der Waals surface area contributed by atoms with Crippen LogP contribution < -0.4 is 0 Å². The topological polar surface area (TPSA) is 3.24 Å². The minimum Gasteiger partial charge on any atom is -0.292 e. The van der Waals surface area contributed by atoms with Crippen molar-refractivity contribution in [3.05, 3.63) is 71.3 Å². The van der Waals surface area contributed by atoms with Gasteiger partial charge in [0.15, 0.2) is 0 Å². The normalized spacial score (nSPS) is 19.6. The number of nitrogens with zero attached hydrogens (tertiary/aromatic N) is 1. The van der Waals surface area contributed by atoms with Crippen LogP contribution in [-0.4, -0.2) is 11.4 Å². The van der Waals surface area contributed by atoms with Crippen LogP contribution in [0.4, 0.5) is 8.78 Å². The van der Waals surface area contributed by atoms with Crippen LogP contribution >= 0.6 is 0 Å². The van der Waals surface area contributed by atoms with E-state index in [2.05, 4.69) is 17.0 Å². The summed E-state index contributed by atoms with van der Waals surface area (Å²) in [6, 6.07) is 14.2. The fourth-order valence-corrected chi connectivity index (χ4v) is 3.14. The van der Waals surface area contributed by atoms with Crippen LogP contribution in [0.1, 0.15) is 36.4 Å². The van der Waals surface area contributed by atoms with E-state index in [0.717, 1.165) is 44.0 Å². The van der Waals surface area contributed by atoms with Gasteiger partial charge >= 0.3 is 0 Å². The smallest absolute Gasteiger partial charge is 0.126 e. The molecule has 0 aromatic heterocycles. The van der Waals surface area contributed by atoms with Gasteiger partial charge in [0.05, 0.1) is 0 Å². The monoisotopic (exact) mass is 287 g/mol. The molecule has 0 aliphatic carbocycles. The number of benzene rings is 2. The second-order valence-corrected chi connectivity index (χ2v) is 5.67. The van der Waals surface area contributed by atoms with Gasteiger partial charge in [0.25, 0.3) is 0 Å². The van der Waals surface area contributed by atoms with Gasteiger partial charge in [-0.25, -0.2) is 8.78 Å². The Bertz CT molecular complexity index is 577. The zero-order chi connectivity index (χ0) is 14.7. The highest BCUT2D eigenvalue weighted by Gasteiger charge is 2.24. The lowest BCUT2D eigenvalue weighted by molar-refractivity contribution is 0.140. The number of piperidine rings is 1. The van der Waals surface area contributed by atoms with Crippen LogP contribution in [0.3, 0.4) is 0 Å². The molecule has 0 N–H and O–H groups in total. The summed E-state index contributed by atoms with van der Waals surface area (Å²) in [7, 11) is 0. The molecular formula is C18H19F2N. The van der Waals surface area contributed by atoms with Crippen molar-refractivity contribution in [2.24, 2.45) is 0 Å². The molecule has 1 aliphatic heterocycles. The van der Waals surface area contributed by atoms with Gasteiger partial charge in [-0.1, -0.05) is 36.8 Å². The van der Waals surface area contributed by atoms with Crippen LogP contribution in [0.25, 0.3) is 0 Å². The summed E-state index contributed by atoms with van der Waals surface area (Å²) in [4.78, 5) is 2.33. The molecule has 21 heavy (non-hydrogen) atoms. The number of hydrogen-bond acceptors (Lipinski definition) is 1. The van der Waals surface area contributed by atoms with Crippen molar-refractivity contribution in [2.45, 2.75) is 31.8 Å². The summed E-state index contributed by atoms with van der Waals surface area (Å²) in [6.45, 7) is 1.79. The highest BCUT2D eigenvalue weighted by atomic mass is 19.1. The molecule has 2 aromatic rings. The average Bonchev–Trinajstić information content (AvgIpc) is 2.48. The van der Waals surface area contributed by atoms with Crippen molar-refractivity contribution in [1.82, 2.24) is 4.90 Å². The Kier molecular flexibility index (Phi) is 4.30. The Morgan fingerprint density at radius 1 is 0.952 bits per heavy atom. The maximum Gasteiger partial charge on any atom is 0.126 e. The Morgan fingerprint density at radius 2 is 1.67 bits per heavy atom. The molecule has 0 spiro atoms. The highest BCUT2D eigenvalue weighted by Crippen LogP contribution is 2.32. The molecule has 0 bridgehead atoms. The number of halogens is 2. The van der Waals surface area contributed by atoms with Gasteiger partial charge < -0.3 is 0 Å². The minimum atomic E-state index is -0.491. The van der Waals surface area contributed by atoms with E-state index in [1.807, 2.05) is 18.2 Å². The van der Waals surface area contributed by atoms with Crippen molar-refractivity contribution in [2.75, 3.05) is 6.54 Å². The predicted octanol–water partition coefficient (Wildman–Crippen LogP) is 4.69. The Labute approximate surface area is 124 Å². The molecule has 1 atom stereocenters. The molecular weight excluding hydrogens is 268 g/mol. The molecule has 1 saturated heterocycles. The van der Waals surface area contributed by atoms with Crippen molar-refractivity contribution in [3.8, 4) is 0 Å². The Hall–Kier alpha value is -1.74. The van der Waals surface area contributed by atoms with Gasteiger partial charge in [0, 0.05) is 18.7 Å². The molecule has 2 aromatic carbocycles. The van der Waals surface area contributed by atoms with Gasteiger partial charge in [-0.2, -0.15) is 0 Å². The molecule has 0 radical (unpaired) electrons. The van der Waals surface area contributed by atoms with E-state index in [1.165, 1.54) is 17.7 Å². The summed E-state index contributed by atoms with van der Waals surface area (Å²) < 4.78 is 27.0. The van der Waals surface area contributed by atoms with Gasteiger partial charge in [0.1, 0.15) is 11.6 Å². The molecule has 0 unspecified atom stereocenters. The molecule has 1 nitrogen and oxygen atoms in total. The lowest BCUT2D eigenvalue weighted by atomic mass is 9.94. The summed E-state index contributed by atoms with van der Waals surface area (Å²) in [6.07, 6.45) is 3.20. The van der Waals surface area contributed by atoms with Crippen molar-refractivity contribution < 1.29 is 8.78 Å². The number of hydrogen-bond donors (Lipinski definition) is 0. The number of rotatable bonds is 3. The molecule has 1 fully saturated rings. The molecule has 3 heteroatoms. The standard InChI is InChI=1S/C18H19F2N/c19-16-10-15(11-17(20)12-16)18-8-4-5-9-21(18)13-14-6-2-1-3-7-14/h1-3,6-7,10-12,18H,4-5,8-9,13H2/t18-/m0/s1. The van der Waals surface area contributed by atoms with E-state index in [1.54, 1.807) is 0 Å². The molecule has 0 saturated carbocycles. The maximum absolute atomic E-state index is 13.5. The van der Waals surface area contributed by atoms with Gasteiger partial charge in [-0.3, -0.25) is 4.90 Å². The quantitative estimate of drug-likeness (QED) is 0.791. The van der Waals surface area contributed by atoms with Crippen molar-refractivity contribution in [1.29, 1.82) is 0 Å². The van der Waals surface area contributed by atoms with Crippen molar-refractivity contribution >= 4 is 0 Å². The lowest BCUT2D eigenvalue weighted by Crippen LogP contribution is -2.33. The van der Waals surface area contributed by atoms with Crippen LogP contribution in [-0.2, 0) is 6.54 Å². The zero-order valence-corrected chi connectivity index (χ0v) is 11.9. The summed E-state index contributed by atoms with van der Waals surface area (Å²) in [5.41, 5.74) is 1.99. The second kappa shape index (κ2) is 6.35. The van der Waals surface area contributed by atoms with Crippen LogP contribution in [0, 0.1) is 11.6 Å². The first-order valence-electron chi connectivity index (χ1n) is 7.46. The molecule has 1 heterocycles. The second-order valence-electron chi connectivity index (χ2n) is 5.67. The fourth-order valence-electron chi connectivity index (χ4n) is 3.14. The number of likely N-dealkylation sites (tertiary alicyclic amines) is 1. The van der Waals surface area contributed by atoms with Crippen molar-refractivity contribution in [3.63, 3.8) is 0 Å². The van der Waals surface area contributed by atoms with E-state index < -0.39 is 11.6 Å². The predicted molar refractivity (Wildman–Crippen MR) is 79.8 cm³/mol. The summed E-state index contributed by atoms with van der Waals surface area (Å²) in [5.74, 6) is -0.981. The van der Waals surface area contributed by atoms with Gasteiger partial charge in [-0.15, -0.1) is 0 Å². The Balaban J connectivity index is 1.84.